The number of hydrogen-bond acceptors (Lipinski definition) is 4. The highest BCUT2D eigenvalue weighted by Gasteiger charge is 2.16. The van der Waals surface area contributed by atoms with E-state index in [4.69, 9.17) is 19.9 Å². The van der Waals surface area contributed by atoms with E-state index in [9.17, 15) is 0 Å². The van der Waals surface area contributed by atoms with Gasteiger partial charge in [-0.2, -0.15) is 0 Å². The van der Waals surface area contributed by atoms with Crippen LogP contribution in [-0.4, -0.2) is 6.79 Å². The largest absolute Gasteiger partial charge is 0.488 e. The van der Waals surface area contributed by atoms with Crippen molar-refractivity contribution in [3.63, 3.8) is 0 Å². The fraction of sp³-hybridized carbons (Fsp3) is 0.250. The molecule has 2 aromatic rings. The van der Waals surface area contributed by atoms with Crippen molar-refractivity contribution in [1.82, 2.24) is 0 Å². The van der Waals surface area contributed by atoms with E-state index >= 15 is 0 Å². The van der Waals surface area contributed by atoms with Crippen LogP contribution in [0.15, 0.2) is 34.8 Å². The van der Waals surface area contributed by atoms with Gasteiger partial charge in [-0.25, -0.2) is 0 Å². The van der Waals surface area contributed by atoms with E-state index in [0.29, 0.717) is 18.9 Å². The van der Waals surface area contributed by atoms with Crippen molar-refractivity contribution in [1.29, 1.82) is 0 Å². The second-order valence-electron chi connectivity index (χ2n) is 4.98. The molecule has 110 valence electrons. The molecule has 1 aliphatic heterocycles. The molecule has 0 fully saturated rings. The summed E-state index contributed by atoms with van der Waals surface area (Å²) in [4.78, 5) is 0. The van der Waals surface area contributed by atoms with E-state index in [1.807, 2.05) is 37.3 Å². The smallest absolute Gasteiger partial charge is 0.189 e. The SMILES string of the molecule is Cc1ccc(Br)cc1OCc1cc(N)cc2c1OCOC2. The summed E-state index contributed by atoms with van der Waals surface area (Å²) >= 11 is 3.45. The Kier molecular flexibility index (Phi) is 4.03. The van der Waals surface area contributed by atoms with Gasteiger partial charge in [0.05, 0.1) is 6.61 Å². The zero-order valence-electron chi connectivity index (χ0n) is 11.7. The number of rotatable bonds is 3. The van der Waals surface area contributed by atoms with Crippen LogP contribution in [0.5, 0.6) is 11.5 Å². The Labute approximate surface area is 131 Å². The van der Waals surface area contributed by atoms with Crippen molar-refractivity contribution in [3.8, 4) is 11.5 Å². The molecule has 0 aromatic heterocycles. The number of benzene rings is 2. The van der Waals surface area contributed by atoms with E-state index in [1.54, 1.807) is 0 Å². The van der Waals surface area contributed by atoms with Gasteiger partial charge in [0.15, 0.2) is 6.79 Å². The Hall–Kier alpha value is -1.72. The van der Waals surface area contributed by atoms with E-state index in [2.05, 4.69) is 15.9 Å². The molecule has 3 rings (SSSR count). The molecule has 0 amide bonds. The molecule has 21 heavy (non-hydrogen) atoms. The Balaban J connectivity index is 1.85. The van der Waals surface area contributed by atoms with Crippen molar-refractivity contribution in [2.45, 2.75) is 20.1 Å². The van der Waals surface area contributed by atoms with Crippen molar-refractivity contribution < 1.29 is 14.2 Å². The third-order valence-electron chi connectivity index (χ3n) is 3.34. The third kappa shape index (κ3) is 3.14. The Morgan fingerprint density at radius 2 is 2.14 bits per heavy atom. The molecule has 2 N–H and O–H groups in total. The van der Waals surface area contributed by atoms with Gasteiger partial charge in [-0.05, 0) is 36.8 Å². The van der Waals surface area contributed by atoms with E-state index in [0.717, 1.165) is 32.7 Å². The summed E-state index contributed by atoms with van der Waals surface area (Å²) in [6.07, 6.45) is 0. The summed E-state index contributed by atoms with van der Waals surface area (Å²) in [7, 11) is 0. The van der Waals surface area contributed by atoms with Gasteiger partial charge in [-0.15, -0.1) is 0 Å². The quantitative estimate of drug-likeness (QED) is 0.856. The minimum Gasteiger partial charge on any atom is -0.488 e. The molecule has 0 saturated heterocycles. The molecule has 1 heterocycles. The lowest BCUT2D eigenvalue weighted by Gasteiger charge is -2.21. The van der Waals surface area contributed by atoms with Gasteiger partial charge in [-0.3, -0.25) is 0 Å². The maximum atomic E-state index is 5.93. The van der Waals surface area contributed by atoms with E-state index in [-0.39, 0.29) is 6.79 Å². The topological polar surface area (TPSA) is 53.7 Å². The standard InChI is InChI=1S/C16H16BrNO3/c1-10-2-3-13(17)6-15(10)20-8-12-5-14(18)4-11-7-19-9-21-16(11)12/h2-6H,7-9,18H2,1H3. The molecule has 0 spiro atoms. The van der Waals surface area contributed by atoms with Crippen LogP contribution in [0, 0.1) is 6.92 Å². The lowest BCUT2D eigenvalue weighted by Crippen LogP contribution is -2.14. The van der Waals surface area contributed by atoms with Crippen molar-refractivity contribution in [2.75, 3.05) is 12.5 Å². The van der Waals surface area contributed by atoms with Crippen LogP contribution in [0.4, 0.5) is 5.69 Å². The minimum absolute atomic E-state index is 0.264. The second-order valence-corrected chi connectivity index (χ2v) is 5.89. The minimum atomic E-state index is 0.264. The number of halogens is 1. The maximum absolute atomic E-state index is 5.93. The van der Waals surface area contributed by atoms with E-state index in [1.165, 1.54) is 0 Å². The molecule has 0 unspecified atom stereocenters. The highest BCUT2D eigenvalue weighted by Crippen LogP contribution is 2.32. The first-order valence-electron chi connectivity index (χ1n) is 6.64. The summed E-state index contributed by atoms with van der Waals surface area (Å²) in [5.74, 6) is 1.66. The zero-order chi connectivity index (χ0) is 14.8. The number of aryl methyl sites for hydroxylation is 1. The fourth-order valence-corrected chi connectivity index (χ4v) is 2.66. The molecule has 4 nitrogen and oxygen atoms in total. The number of anilines is 1. The molecule has 5 heteroatoms. The average Bonchev–Trinajstić information content (AvgIpc) is 2.47. The van der Waals surface area contributed by atoms with Crippen LogP contribution in [0.25, 0.3) is 0 Å². The third-order valence-corrected chi connectivity index (χ3v) is 3.84. The normalized spacial score (nSPS) is 13.4. The fourth-order valence-electron chi connectivity index (χ4n) is 2.32. The number of hydrogen-bond donors (Lipinski definition) is 1. The van der Waals surface area contributed by atoms with Gasteiger partial charge >= 0.3 is 0 Å². The molecular formula is C16H16BrNO3. The first-order chi connectivity index (χ1) is 10.1. The highest BCUT2D eigenvalue weighted by molar-refractivity contribution is 9.10. The van der Waals surface area contributed by atoms with Crippen LogP contribution < -0.4 is 15.2 Å². The lowest BCUT2D eigenvalue weighted by molar-refractivity contribution is -0.0175. The number of ether oxygens (including phenoxy) is 3. The Morgan fingerprint density at radius 3 is 3.00 bits per heavy atom. The van der Waals surface area contributed by atoms with Crippen LogP contribution in [0.3, 0.4) is 0 Å². The van der Waals surface area contributed by atoms with Crippen LogP contribution in [-0.2, 0) is 18.0 Å². The van der Waals surface area contributed by atoms with Gasteiger partial charge in [-0.1, -0.05) is 22.0 Å². The highest BCUT2D eigenvalue weighted by atomic mass is 79.9. The lowest BCUT2D eigenvalue weighted by atomic mass is 10.1. The molecule has 0 radical (unpaired) electrons. The van der Waals surface area contributed by atoms with Crippen molar-refractivity contribution >= 4 is 21.6 Å². The van der Waals surface area contributed by atoms with Gasteiger partial charge < -0.3 is 19.9 Å². The molecule has 0 atom stereocenters. The molecule has 0 saturated carbocycles. The van der Waals surface area contributed by atoms with Gasteiger partial charge in [0.2, 0.25) is 0 Å². The van der Waals surface area contributed by atoms with Crippen LogP contribution >= 0.6 is 15.9 Å². The summed E-state index contributed by atoms with van der Waals surface area (Å²) in [6.45, 7) is 3.20. The van der Waals surface area contributed by atoms with Crippen molar-refractivity contribution in [3.05, 3.63) is 51.5 Å². The van der Waals surface area contributed by atoms with Gasteiger partial charge in [0.25, 0.3) is 0 Å². The predicted octanol–water partition coefficient (Wildman–Crippen LogP) is 3.79. The first-order valence-corrected chi connectivity index (χ1v) is 7.43. The van der Waals surface area contributed by atoms with Crippen molar-refractivity contribution in [2.24, 2.45) is 0 Å². The molecular weight excluding hydrogens is 334 g/mol. The van der Waals surface area contributed by atoms with E-state index < -0.39 is 0 Å². The van der Waals surface area contributed by atoms with Crippen LogP contribution in [0.2, 0.25) is 0 Å². The second kappa shape index (κ2) is 5.95. The van der Waals surface area contributed by atoms with Crippen LogP contribution in [0.1, 0.15) is 16.7 Å². The Morgan fingerprint density at radius 1 is 1.29 bits per heavy atom. The molecule has 0 bridgehead atoms. The number of nitrogens with two attached hydrogens (primary N) is 1. The summed E-state index contributed by atoms with van der Waals surface area (Å²) in [5, 5.41) is 0. The molecule has 1 aliphatic rings. The monoisotopic (exact) mass is 349 g/mol. The summed E-state index contributed by atoms with van der Waals surface area (Å²) in [5.41, 5.74) is 9.60. The molecule has 0 aliphatic carbocycles. The van der Waals surface area contributed by atoms with Gasteiger partial charge in [0, 0.05) is 21.3 Å². The molecule has 2 aromatic carbocycles. The first kappa shape index (κ1) is 14.2. The zero-order valence-corrected chi connectivity index (χ0v) is 13.3. The maximum Gasteiger partial charge on any atom is 0.189 e. The van der Waals surface area contributed by atoms with Gasteiger partial charge in [0.1, 0.15) is 18.1 Å². The summed E-state index contributed by atoms with van der Waals surface area (Å²) in [6, 6.07) is 9.72. The number of fused-ring (bicyclic) bond motifs is 1. The predicted molar refractivity (Wildman–Crippen MR) is 84.3 cm³/mol. The average molecular weight is 350 g/mol. The Bertz CT molecular complexity index is 673. The number of nitrogen functional groups attached to an aromatic ring is 1. The summed E-state index contributed by atoms with van der Waals surface area (Å²) < 4.78 is 17.8.